The third-order valence-electron chi connectivity index (χ3n) is 4.37. The zero-order valence-corrected chi connectivity index (χ0v) is 15.2. The van der Waals surface area contributed by atoms with Gasteiger partial charge in [-0.2, -0.15) is 0 Å². The molecule has 0 fully saturated rings. The van der Waals surface area contributed by atoms with Crippen molar-refractivity contribution in [3.05, 3.63) is 41.9 Å². The number of hydrogen-bond acceptors (Lipinski definition) is 4. The van der Waals surface area contributed by atoms with Gasteiger partial charge in [-0.1, -0.05) is 39.0 Å². The van der Waals surface area contributed by atoms with Crippen molar-refractivity contribution >= 4 is 14.3 Å². The first-order valence-electron chi connectivity index (χ1n) is 7.52. The summed E-state index contributed by atoms with van der Waals surface area (Å²) in [5.74, 6) is -0.830. The Bertz CT molecular complexity index is 701. The van der Waals surface area contributed by atoms with E-state index >= 15 is 0 Å². The highest BCUT2D eigenvalue weighted by molar-refractivity contribution is 6.74. The summed E-state index contributed by atoms with van der Waals surface area (Å²) >= 11 is 0. The van der Waals surface area contributed by atoms with Crippen molar-refractivity contribution in [3.63, 3.8) is 0 Å². The maximum absolute atomic E-state index is 11.2. The van der Waals surface area contributed by atoms with Gasteiger partial charge in [0.2, 0.25) is 0 Å². The lowest BCUT2D eigenvalue weighted by Crippen LogP contribution is -2.40. The van der Waals surface area contributed by atoms with E-state index in [9.17, 15) is 4.79 Å². The molecule has 5 nitrogen and oxygen atoms in total. The van der Waals surface area contributed by atoms with Gasteiger partial charge in [-0.15, -0.1) is 0 Å². The van der Waals surface area contributed by atoms with Gasteiger partial charge >= 0.3 is 5.97 Å². The van der Waals surface area contributed by atoms with E-state index in [1.54, 1.807) is 0 Å². The first kappa shape index (κ1) is 17.4. The van der Waals surface area contributed by atoms with Crippen LogP contribution >= 0.6 is 0 Å². The average Bonchev–Trinajstić information content (AvgIpc) is 2.94. The molecule has 0 amide bonds. The number of benzene rings is 1. The molecule has 2 rings (SSSR count). The minimum absolute atomic E-state index is 0.0764. The molecule has 6 heteroatoms. The Hall–Kier alpha value is -1.92. The molecule has 0 bridgehead atoms. The van der Waals surface area contributed by atoms with Crippen LogP contribution in [-0.2, 0) is 11.0 Å². The third kappa shape index (κ3) is 3.89. The number of aromatic carboxylic acids is 1. The molecular weight excluding hydrogens is 310 g/mol. The molecule has 0 radical (unpaired) electrons. The first-order chi connectivity index (χ1) is 10.6. The number of carbonyl (C=O) groups is 1. The van der Waals surface area contributed by atoms with Crippen LogP contribution in [0.15, 0.2) is 35.1 Å². The smallest absolute Gasteiger partial charge is 0.358 e. The van der Waals surface area contributed by atoms with E-state index in [1.165, 1.54) is 0 Å². The molecule has 23 heavy (non-hydrogen) atoms. The Kier molecular flexibility index (Phi) is 4.77. The van der Waals surface area contributed by atoms with Gasteiger partial charge in [-0.25, -0.2) is 9.78 Å². The quantitative estimate of drug-likeness (QED) is 0.812. The van der Waals surface area contributed by atoms with Gasteiger partial charge in [0.1, 0.15) is 0 Å². The lowest BCUT2D eigenvalue weighted by Gasteiger charge is -2.36. The van der Waals surface area contributed by atoms with Crippen molar-refractivity contribution in [2.24, 2.45) is 0 Å². The molecule has 2 aromatic rings. The SMILES string of the molecule is CC(C)(C)[Si](C)(C)OCc1cccc(-c2ocnc2C(=O)O)c1. The maximum Gasteiger partial charge on any atom is 0.358 e. The minimum Gasteiger partial charge on any atom is -0.476 e. The van der Waals surface area contributed by atoms with Crippen LogP contribution in [0.25, 0.3) is 11.3 Å². The molecule has 0 unspecified atom stereocenters. The van der Waals surface area contributed by atoms with Gasteiger partial charge in [-0.05, 0) is 29.8 Å². The monoisotopic (exact) mass is 333 g/mol. The maximum atomic E-state index is 11.2. The molecule has 1 aromatic heterocycles. The molecule has 0 atom stereocenters. The predicted octanol–water partition coefficient (Wildman–Crippen LogP) is 4.56. The molecule has 1 heterocycles. The van der Waals surface area contributed by atoms with Crippen LogP contribution in [0.3, 0.4) is 0 Å². The molecule has 1 aromatic carbocycles. The number of nitrogens with zero attached hydrogens (tertiary/aromatic N) is 1. The van der Waals surface area contributed by atoms with Crippen molar-refractivity contribution in [1.29, 1.82) is 0 Å². The van der Waals surface area contributed by atoms with Crippen molar-refractivity contribution in [2.45, 2.75) is 45.5 Å². The Balaban J connectivity index is 2.21. The molecule has 1 N–H and O–H groups in total. The van der Waals surface area contributed by atoms with E-state index in [-0.39, 0.29) is 16.5 Å². The summed E-state index contributed by atoms with van der Waals surface area (Å²) in [6, 6.07) is 7.53. The van der Waals surface area contributed by atoms with Gasteiger partial charge < -0.3 is 13.9 Å². The van der Waals surface area contributed by atoms with Crippen LogP contribution < -0.4 is 0 Å². The lowest BCUT2D eigenvalue weighted by molar-refractivity contribution is 0.0691. The van der Waals surface area contributed by atoms with E-state index in [2.05, 4.69) is 38.8 Å². The van der Waals surface area contributed by atoms with E-state index < -0.39 is 14.3 Å². The Morgan fingerprint density at radius 1 is 1.35 bits per heavy atom. The summed E-state index contributed by atoms with van der Waals surface area (Å²) in [4.78, 5) is 14.9. The van der Waals surface area contributed by atoms with Crippen molar-refractivity contribution in [3.8, 4) is 11.3 Å². The predicted molar refractivity (Wildman–Crippen MR) is 90.9 cm³/mol. The Morgan fingerprint density at radius 3 is 2.65 bits per heavy atom. The molecular formula is C17H23NO4Si. The molecule has 0 spiro atoms. The number of carboxylic acid groups (broad SMARTS) is 1. The normalized spacial score (nSPS) is 12.4. The fourth-order valence-corrected chi connectivity index (χ4v) is 2.85. The topological polar surface area (TPSA) is 72.6 Å². The van der Waals surface area contributed by atoms with E-state index in [0.29, 0.717) is 12.2 Å². The third-order valence-corrected chi connectivity index (χ3v) is 8.84. The summed E-state index contributed by atoms with van der Waals surface area (Å²) in [6.45, 7) is 11.5. The number of aromatic nitrogens is 1. The van der Waals surface area contributed by atoms with Crippen LogP contribution in [0, 0.1) is 0 Å². The molecule has 0 aliphatic carbocycles. The minimum atomic E-state index is -1.83. The largest absolute Gasteiger partial charge is 0.476 e. The van der Waals surface area contributed by atoms with Gasteiger partial charge in [0.25, 0.3) is 0 Å². The first-order valence-corrected chi connectivity index (χ1v) is 10.4. The Morgan fingerprint density at radius 2 is 2.04 bits per heavy atom. The zero-order chi connectivity index (χ0) is 17.3. The van der Waals surface area contributed by atoms with E-state index in [1.807, 2.05) is 24.3 Å². The second kappa shape index (κ2) is 6.29. The van der Waals surface area contributed by atoms with Crippen LogP contribution in [-0.4, -0.2) is 24.4 Å². The number of carboxylic acids is 1. The van der Waals surface area contributed by atoms with Crippen LogP contribution in [0.1, 0.15) is 36.8 Å². The molecule has 124 valence electrons. The average molecular weight is 333 g/mol. The highest BCUT2D eigenvalue weighted by Crippen LogP contribution is 2.37. The molecule has 0 saturated carbocycles. The van der Waals surface area contributed by atoms with Crippen molar-refractivity contribution in [1.82, 2.24) is 4.98 Å². The molecule has 0 saturated heterocycles. The number of oxazole rings is 1. The fourth-order valence-electron chi connectivity index (χ4n) is 1.89. The second-order valence-corrected chi connectivity index (χ2v) is 11.9. The Labute approximate surface area is 137 Å². The van der Waals surface area contributed by atoms with Crippen molar-refractivity contribution in [2.75, 3.05) is 0 Å². The highest BCUT2D eigenvalue weighted by atomic mass is 28.4. The van der Waals surface area contributed by atoms with Gasteiger partial charge in [0.05, 0.1) is 6.61 Å². The summed E-state index contributed by atoms with van der Waals surface area (Å²) in [5.41, 5.74) is 1.60. The zero-order valence-electron chi connectivity index (χ0n) is 14.2. The van der Waals surface area contributed by atoms with Gasteiger partial charge in [0, 0.05) is 5.56 Å². The van der Waals surface area contributed by atoms with Crippen LogP contribution in [0.5, 0.6) is 0 Å². The summed E-state index contributed by atoms with van der Waals surface area (Å²) < 4.78 is 11.4. The van der Waals surface area contributed by atoms with Crippen LogP contribution in [0.4, 0.5) is 0 Å². The number of hydrogen-bond donors (Lipinski definition) is 1. The lowest BCUT2D eigenvalue weighted by atomic mass is 10.1. The standard InChI is InChI=1S/C17H23NO4Si/c1-17(2,3)23(4,5)22-10-12-7-6-8-13(9-12)15-14(16(19)20)18-11-21-15/h6-9,11H,10H2,1-5H3,(H,19,20). The second-order valence-electron chi connectivity index (χ2n) is 7.08. The van der Waals surface area contributed by atoms with Crippen LogP contribution in [0.2, 0.25) is 18.1 Å². The van der Waals surface area contributed by atoms with Crippen molar-refractivity contribution < 1.29 is 18.7 Å². The number of rotatable bonds is 5. The summed E-state index contributed by atoms with van der Waals surface area (Å²) in [7, 11) is -1.83. The summed E-state index contributed by atoms with van der Waals surface area (Å²) in [6.07, 6.45) is 1.15. The highest BCUT2D eigenvalue weighted by Gasteiger charge is 2.37. The van der Waals surface area contributed by atoms with E-state index in [4.69, 9.17) is 13.9 Å². The molecule has 0 aliphatic heterocycles. The fraction of sp³-hybridized carbons (Fsp3) is 0.412. The van der Waals surface area contributed by atoms with Gasteiger partial charge in [-0.3, -0.25) is 0 Å². The van der Waals surface area contributed by atoms with Gasteiger partial charge in [0.15, 0.2) is 26.2 Å². The van der Waals surface area contributed by atoms with E-state index in [0.717, 1.165) is 12.0 Å². The molecule has 0 aliphatic rings. The summed E-state index contributed by atoms with van der Waals surface area (Å²) in [5, 5.41) is 9.29.